The second-order valence-corrected chi connectivity index (χ2v) is 6.08. The predicted molar refractivity (Wildman–Crippen MR) is 88.9 cm³/mol. The lowest BCUT2D eigenvalue weighted by molar-refractivity contribution is 0.142. The topological polar surface area (TPSA) is 59.4 Å². The Hall–Kier alpha value is -2.36. The van der Waals surface area contributed by atoms with Crippen LogP contribution in [0.4, 0.5) is 4.79 Å². The van der Waals surface area contributed by atoms with Crippen LogP contribution in [-0.4, -0.2) is 16.2 Å². The molecule has 4 nitrogen and oxygen atoms in total. The van der Waals surface area contributed by atoms with Crippen LogP contribution in [0.5, 0.6) is 5.88 Å². The van der Waals surface area contributed by atoms with Crippen molar-refractivity contribution in [3.8, 4) is 17.0 Å². The first-order chi connectivity index (χ1) is 11.2. The van der Waals surface area contributed by atoms with Crippen LogP contribution in [0.25, 0.3) is 11.1 Å². The van der Waals surface area contributed by atoms with E-state index in [0.29, 0.717) is 5.92 Å². The van der Waals surface area contributed by atoms with Crippen molar-refractivity contribution in [2.24, 2.45) is 0 Å². The average Bonchev–Trinajstić information content (AvgIpc) is 2.57. The Balaban J connectivity index is 2.03. The molecule has 0 aliphatic heterocycles. The second-order valence-electron chi connectivity index (χ2n) is 6.08. The fraction of sp³-hybridized carbons (Fsp3) is 0.368. The van der Waals surface area contributed by atoms with Crippen LogP contribution in [0.1, 0.15) is 49.1 Å². The predicted octanol–water partition coefficient (Wildman–Crippen LogP) is 5.16. The number of ether oxygens (including phenoxy) is 1. The SMILES string of the molecule is Cc1c(-c2ccccc2C2CCCCC2)ccnc1OC(=O)O. The molecule has 1 heterocycles. The van der Waals surface area contributed by atoms with Gasteiger partial charge in [-0.2, -0.15) is 0 Å². The summed E-state index contributed by atoms with van der Waals surface area (Å²) in [5.41, 5.74) is 4.27. The summed E-state index contributed by atoms with van der Waals surface area (Å²) in [6.07, 6.45) is 6.60. The summed E-state index contributed by atoms with van der Waals surface area (Å²) in [6.45, 7) is 1.86. The monoisotopic (exact) mass is 311 g/mol. The summed E-state index contributed by atoms with van der Waals surface area (Å²) in [4.78, 5) is 14.9. The molecule has 0 bridgehead atoms. The van der Waals surface area contributed by atoms with E-state index < -0.39 is 6.16 Å². The van der Waals surface area contributed by atoms with Crippen molar-refractivity contribution in [2.75, 3.05) is 0 Å². The Morgan fingerprint density at radius 3 is 2.61 bits per heavy atom. The molecule has 0 atom stereocenters. The smallest absolute Gasteiger partial charge is 0.449 e. The van der Waals surface area contributed by atoms with Gasteiger partial charge in [-0.15, -0.1) is 0 Å². The summed E-state index contributed by atoms with van der Waals surface area (Å²) in [5, 5.41) is 8.85. The van der Waals surface area contributed by atoms with Gasteiger partial charge in [0.05, 0.1) is 0 Å². The Bertz CT molecular complexity index is 706. The third kappa shape index (κ3) is 3.36. The van der Waals surface area contributed by atoms with Crippen molar-refractivity contribution < 1.29 is 14.6 Å². The third-order valence-electron chi connectivity index (χ3n) is 4.64. The lowest BCUT2D eigenvalue weighted by Gasteiger charge is -2.25. The van der Waals surface area contributed by atoms with Crippen molar-refractivity contribution in [1.82, 2.24) is 4.98 Å². The maximum Gasteiger partial charge on any atom is 0.512 e. The summed E-state index contributed by atoms with van der Waals surface area (Å²) in [5.74, 6) is 0.741. The van der Waals surface area contributed by atoms with E-state index in [0.717, 1.165) is 16.7 Å². The van der Waals surface area contributed by atoms with Crippen LogP contribution >= 0.6 is 0 Å². The van der Waals surface area contributed by atoms with Gasteiger partial charge in [-0.3, -0.25) is 0 Å². The summed E-state index contributed by atoms with van der Waals surface area (Å²) in [7, 11) is 0. The number of aromatic nitrogens is 1. The highest BCUT2D eigenvalue weighted by Gasteiger charge is 2.20. The van der Waals surface area contributed by atoms with Crippen LogP contribution in [0, 0.1) is 6.92 Å². The molecule has 1 N–H and O–H groups in total. The molecule has 0 spiro atoms. The van der Waals surface area contributed by atoms with Gasteiger partial charge in [0.2, 0.25) is 5.88 Å². The molecule has 1 aromatic heterocycles. The molecule has 3 rings (SSSR count). The van der Waals surface area contributed by atoms with E-state index >= 15 is 0 Å². The van der Waals surface area contributed by atoms with E-state index in [1.807, 2.05) is 19.1 Å². The zero-order valence-corrected chi connectivity index (χ0v) is 13.3. The van der Waals surface area contributed by atoms with Crippen LogP contribution < -0.4 is 4.74 Å². The number of hydrogen-bond donors (Lipinski definition) is 1. The largest absolute Gasteiger partial charge is 0.512 e. The summed E-state index contributed by atoms with van der Waals surface area (Å²) >= 11 is 0. The van der Waals surface area contributed by atoms with Gasteiger partial charge >= 0.3 is 6.16 Å². The molecule has 1 aliphatic carbocycles. The van der Waals surface area contributed by atoms with Crippen molar-refractivity contribution in [3.63, 3.8) is 0 Å². The van der Waals surface area contributed by atoms with E-state index in [-0.39, 0.29) is 5.88 Å². The summed E-state index contributed by atoms with van der Waals surface area (Å²) < 4.78 is 4.80. The van der Waals surface area contributed by atoms with Crippen molar-refractivity contribution in [2.45, 2.75) is 44.9 Å². The fourth-order valence-electron chi connectivity index (χ4n) is 3.51. The van der Waals surface area contributed by atoms with Crippen LogP contribution in [0.3, 0.4) is 0 Å². The molecular formula is C19H21NO3. The first-order valence-corrected chi connectivity index (χ1v) is 8.12. The maximum atomic E-state index is 10.8. The van der Waals surface area contributed by atoms with Gasteiger partial charge in [-0.25, -0.2) is 9.78 Å². The highest BCUT2D eigenvalue weighted by atomic mass is 16.7. The van der Waals surface area contributed by atoms with Crippen LogP contribution in [-0.2, 0) is 0 Å². The first-order valence-electron chi connectivity index (χ1n) is 8.12. The molecule has 1 fully saturated rings. The molecule has 120 valence electrons. The quantitative estimate of drug-likeness (QED) is 0.795. The fourth-order valence-corrected chi connectivity index (χ4v) is 3.51. The van der Waals surface area contributed by atoms with Gasteiger partial charge in [0.25, 0.3) is 0 Å². The average molecular weight is 311 g/mol. The Kier molecular flexibility index (Phi) is 4.60. The van der Waals surface area contributed by atoms with Gasteiger partial charge in [-0.1, -0.05) is 43.5 Å². The van der Waals surface area contributed by atoms with Gasteiger partial charge in [0.15, 0.2) is 0 Å². The molecule has 23 heavy (non-hydrogen) atoms. The minimum absolute atomic E-state index is 0.161. The molecule has 0 radical (unpaired) electrons. The van der Waals surface area contributed by atoms with Crippen LogP contribution in [0.15, 0.2) is 36.5 Å². The molecular weight excluding hydrogens is 290 g/mol. The number of benzene rings is 1. The van der Waals surface area contributed by atoms with Gasteiger partial charge in [0, 0.05) is 11.8 Å². The number of hydrogen-bond acceptors (Lipinski definition) is 3. The molecule has 2 aromatic rings. The van der Waals surface area contributed by atoms with Crippen molar-refractivity contribution in [3.05, 3.63) is 47.7 Å². The standard InChI is InChI=1S/C19H21NO3/c1-13-15(11-12-20-18(13)23-19(21)22)17-10-6-5-9-16(17)14-7-3-2-4-8-14/h5-6,9-12,14H,2-4,7-8H2,1H3,(H,21,22). The van der Waals surface area contributed by atoms with E-state index in [1.54, 1.807) is 6.20 Å². The minimum Gasteiger partial charge on any atom is -0.449 e. The molecule has 4 heteroatoms. The molecule has 1 aromatic carbocycles. The van der Waals surface area contributed by atoms with Crippen molar-refractivity contribution >= 4 is 6.16 Å². The van der Waals surface area contributed by atoms with Gasteiger partial charge in [-0.05, 0) is 48.4 Å². The Labute approximate surface area is 136 Å². The molecule has 1 saturated carbocycles. The van der Waals surface area contributed by atoms with Crippen molar-refractivity contribution in [1.29, 1.82) is 0 Å². The second kappa shape index (κ2) is 6.82. The van der Waals surface area contributed by atoms with Crippen LogP contribution in [0.2, 0.25) is 0 Å². The Morgan fingerprint density at radius 2 is 1.87 bits per heavy atom. The minimum atomic E-state index is -1.33. The van der Waals surface area contributed by atoms with Gasteiger partial charge < -0.3 is 9.84 Å². The normalized spacial score (nSPS) is 15.3. The van der Waals surface area contributed by atoms with E-state index in [1.165, 1.54) is 37.7 Å². The zero-order chi connectivity index (χ0) is 16.2. The molecule has 1 aliphatic rings. The zero-order valence-electron chi connectivity index (χ0n) is 13.3. The number of nitrogens with zero attached hydrogens (tertiary/aromatic N) is 1. The highest BCUT2D eigenvalue weighted by molar-refractivity contribution is 5.73. The molecule has 0 saturated heterocycles. The Morgan fingerprint density at radius 1 is 1.13 bits per heavy atom. The van der Waals surface area contributed by atoms with E-state index in [2.05, 4.69) is 23.2 Å². The van der Waals surface area contributed by atoms with Gasteiger partial charge in [0.1, 0.15) is 0 Å². The first kappa shape index (κ1) is 15.5. The maximum absolute atomic E-state index is 10.8. The summed E-state index contributed by atoms with van der Waals surface area (Å²) in [6, 6.07) is 10.4. The van der Waals surface area contributed by atoms with E-state index in [4.69, 9.17) is 9.84 Å². The number of carbonyl (C=O) groups is 1. The lowest BCUT2D eigenvalue weighted by atomic mass is 9.80. The highest BCUT2D eigenvalue weighted by Crippen LogP contribution is 2.39. The van der Waals surface area contributed by atoms with E-state index in [9.17, 15) is 4.79 Å². The number of pyridine rings is 1. The third-order valence-corrected chi connectivity index (χ3v) is 4.64. The lowest BCUT2D eigenvalue weighted by Crippen LogP contribution is -2.08. The molecule has 0 unspecified atom stereocenters. The number of rotatable bonds is 3. The number of carboxylic acid groups (broad SMARTS) is 1. The molecule has 0 amide bonds.